The zero-order valence-corrected chi connectivity index (χ0v) is 12.0. The average Bonchev–Trinajstić information content (AvgIpc) is 2.39. The van der Waals surface area contributed by atoms with Gasteiger partial charge in [0.2, 0.25) is 5.91 Å². The third kappa shape index (κ3) is 4.74. The number of esters is 1. The first-order chi connectivity index (χ1) is 8.95. The van der Waals surface area contributed by atoms with E-state index < -0.39 is 17.9 Å². The molecule has 1 atom stereocenters. The summed E-state index contributed by atoms with van der Waals surface area (Å²) in [6.07, 6.45) is 0. The van der Waals surface area contributed by atoms with E-state index in [4.69, 9.17) is 23.1 Å². The van der Waals surface area contributed by atoms with E-state index in [1.165, 1.54) is 24.9 Å². The van der Waals surface area contributed by atoms with E-state index in [-0.39, 0.29) is 0 Å². The number of amides is 1. The second-order valence-corrected chi connectivity index (χ2v) is 5.25. The van der Waals surface area contributed by atoms with Crippen molar-refractivity contribution in [1.82, 2.24) is 0 Å². The summed E-state index contributed by atoms with van der Waals surface area (Å²) in [5.74, 6) is 0.0554. The molecule has 1 aromatic carbocycles. The molecule has 1 unspecified atom stereocenters. The molecule has 0 aliphatic rings. The molecule has 1 rings (SSSR count). The number of methoxy groups -OCH3 is 1. The minimum atomic E-state index is -0.654. The Bertz CT molecular complexity index is 482. The molecule has 0 saturated heterocycles. The lowest BCUT2D eigenvalue weighted by Crippen LogP contribution is -2.33. The number of carbonyl (C=O) groups is 2. The number of carbonyl (C=O) groups excluding carboxylic acids is 2. The Kier molecular flexibility index (Phi) is 6.14. The zero-order valence-electron chi connectivity index (χ0n) is 10.4. The first kappa shape index (κ1) is 15.8. The van der Waals surface area contributed by atoms with Crippen LogP contribution >= 0.6 is 23.4 Å². The van der Waals surface area contributed by atoms with Gasteiger partial charge < -0.3 is 16.2 Å². The van der Waals surface area contributed by atoms with Gasteiger partial charge in [-0.2, -0.15) is 11.8 Å². The van der Waals surface area contributed by atoms with Gasteiger partial charge in [0.15, 0.2) is 0 Å². The number of benzene rings is 1. The molecule has 19 heavy (non-hydrogen) atoms. The maximum Gasteiger partial charge on any atom is 0.323 e. The number of ether oxygens (including phenoxy) is 1. The third-order valence-corrected chi connectivity index (χ3v) is 3.86. The average molecular weight is 303 g/mol. The quantitative estimate of drug-likeness (QED) is 0.769. The first-order valence-corrected chi connectivity index (χ1v) is 6.98. The molecule has 4 N–H and O–H groups in total. The van der Waals surface area contributed by atoms with Crippen LogP contribution < -0.4 is 11.5 Å². The normalized spacial score (nSPS) is 11.9. The van der Waals surface area contributed by atoms with Crippen molar-refractivity contribution in [2.45, 2.75) is 11.8 Å². The number of nitrogens with two attached hydrogens (primary N) is 2. The van der Waals surface area contributed by atoms with Crippen molar-refractivity contribution in [3.8, 4) is 0 Å². The Balaban J connectivity index is 2.54. The van der Waals surface area contributed by atoms with Crippen LogP contribution in [0, 0.1) is 0 Å². The fourth-order valence-electron chi connectivity index (χ4n) is 1.33. The maximum atomic E-state index is 11.1. The van der Waals surface area contributed by atoms with Gasteiger partial charge in [-0.1, -0.05) is 17.7 Å². The third-order valence-electron chi connectivity index (χ3n) is 2.40. The Hall–Kier alpha value is -1.24. The maximum absolute atomic E-state index is 11.1. The van der Waals surface area contributed by atoms with Gasteiger partial charge in [0.1, 0.15) is 6.04 Å². The van der Waals surface area contributed by atoms with Gasteiger partial charge in [0, 0.05) is 22.1 Å². The van der Waals surface area contributed by atoms with E-state index in [0.717, 1.165) is 5.56 Å². The van der Waals surface area contributed by atoms with E-state index in [0.29, 0.717) is 22.1 Å². The monoisotopic (exact) mass is 302 g/mol. The molecule has 7 heteroatoms. The SMILES string of the molecule is COC(=O)C(N)CSCc1ccc(C(N)=O)cc1Cl. The van der Waals surface area contributed by atoms with Crippen LogP contribution in [-0.2, 0) is 15.3 Å². The van der Waals surface area contributed by atoms with Crippen molar-refractivity contribution in [3.63, 3.8) is 0 Å². The van der Waals surface area contributed by atoms with Crippen LogP contribution in [0.15, 0.2) is 18.2 Å². The second kappa shape index (κ2) is 7.37. The molecule has 0 heterocycles. The standard InChI is InChI=1S/C12H15ClN2O3S/c1-18-12(17)10(14)6-19-5-8-3-2-7(11(15)16)4-9(8)13/h2-4,10H,5-6,14H2,1H3,(H2,15,16). The molecule has 0 aromatic heterocycles. The molecule has 0 saturated carbocycles. The summed E-state index contributed by atoms with van der Waals surface area (Å²) in [6.45, 7) is 0. The lowest BCUT2D eigenvalue weighted by Gasteiger charge is -2.09. The van der Waals surface area contributed by atoms with Crippen LogP contribution in [0.5, 0.6) is 0 Å². The van der Waals surface area contributed by atoms with Gasteiger partial charge in [-0.3, -0.25) is 9.59 Å². The summed E-state index contributed by atoms with van der Waals surface area (Å²) in [5, 5.41) is 0.468. The van der Waals surface area contributed by atoms with Gasteiger partial charge in [-0.25, -0.2) is 0 Å². The van der Waals surface area contributed by atoms with Gasteiger partial charge in [-0.05, 0) is 17.7 Å². The highest BCUT2D eigenvalue weighted by atomic mass is 35.5. The highest BCUT2D eigenvalue weighted by Crippen LogP contribution is 2.22. The number of primary amides is 1. The van der Waals surface area contributed by atoms with Crippen LogP contribution in [0.4, 0.5) is 0 Å². The second-order valence-electron chi connectivity index (χ2n) is 3.82. The van der Waals surface area contributed by atoms with Gasteiger partial charge in [0.05, 0.1) is 7.11 Å². The molecule has 1 amide bonds. The van der Waals surface area contributed by atoms with E-state index >= 15 is 0 Å². The highest BCUT2D eigenvalue weighted by Gasteiger charge is 2.14. The Morgan fingerprint density at radius 3 is 2.68 bits per heavy atom. The van der Waals surface area contributed by atoms with Crippen molar-refractivity contribution in [2.75, 3.05) is 12.9 Å². The number of hydrogen-bond donors (Lipinski definition) is 2. The molecule has 1 aromatic rings. The number of rotatable bonds is 6. The summed E-state index contributed by atoms with van der Waals surface area (Å²) in [5.41, 5.74) is 12.0. The predicted molar refractivity (Wildman–Crippen MR) is 76.1 cm³/mol. The van der Waals surface area contributed by atoms with Crippen molar-refractivity contribution in [2.24, 2.45) is 11.5 Å². The largest absolute Gasteiger partial charge is 0.468 e. The molecule has 5 nitrogen and oxygen atoms in total. The molecule has 0 bridgehead atoms. The van der Waals surface area contributed by atoms with Crippen molar-refractivity contribution in [1.29, 1.82) is 0 Å². The Labute approximate surface area is 120 Å². The lowest BCUT2D eigenvalue weighted by atomic mass is 10.1. The van der Waals surface area contributed by atoms with Crippen LogP contribution in [0.2, 0.25) is 5.02 Å². The van der Waals surface area contributed by atoms with Crippen LogP contribution in [0.25, 0.3) is 0 Å². The Morgan fingerprint density at radius 2 is 2.16 bits per heavy atom. The smallest absolute Gasteiger partial charge is 0.323 e. The van der Waals surface area contributed by atoms with Crippen LogP contribution in [-0.4, -0.2) is 30.8 Å². The van der Waals surface area contributed by atoms with E-state index in [2.05, 4.69) is 4.74 Å². The molecule has 0 aliphatic carbocycles. The molecule has 0 aliphatic heterocycles. The fourth-order valence-corrected chi connectivity index (χ4v) is 2.64. The van der Waals surface area contributed by atoms with E-state index in [1.54, 1.807) is 12.1 Å². The summed E-state index contributed by atoms with van der Waals surface area (Å²) in [7, 11) is 1.30. The van der Waals surface area contributed by atoms with Gasteiger partial charge in [-0.15, -0.1) is 0 Å². The summed E-state index contributed by atoms with van der Waals surface area (Å²) in [4.78, 5) is 22.1. The first-order valence-electron chi connectivity index (χ1n) is 5.45. The highest BCUT2D eigenvalue weighted by molar-refractivity contribution is 7.98. The Morgan fingerprint density at radius 1 is 1.47 bits per heavy atom. The predicted octanol–water partition coefficient (Wildman–Crippen LogP) is 1.17. The van der Waals surface area contributed by atoms with Crippen LogP contribution in [0.1, 0.15) is 15.9 Å². The van der Waals surface area contributed by atoms with Gasteiger partial charge in [0.25, 0.3) is 0 Å². The molecule has 0 fully saturated rings. The minimum Gasteiger partial charge on any atom is -0.468 e. The molecule has 0 spiro atoms. The molecule has 0 radical (unpaired) electrons. The summed E-state index contributed by atoms with van der Waals surface area (Å²) < 4.78 is 4.53. The fraction of sp³-hybridized carbons (Fsp3) is 0.333. The topological polar surface area (TPSA) is 95.4 Å². The zero-order chi connectivity index (χ0) is 14.4. The number of halogens is 1. The van der Waals surface area contributed by atoms with Crippen molar-refractivity contribution >= 4 is 35.2 Å². The van der Waals surface area contributed by atoms with Crippen molar-refractivity contribution in [3.05, 3.63) is 34.3 Å². The van der Waals surface area contributed by atoms with Gasteiger partial charge >= 0.3 is 5.97 Å². The van der Waals surface area contributed by atoms with Crippen LogP contribution in [0.3, 0.4) is 0 Å². The number of hydrogen-bond acceptors (Lipinski definition) is 5. The molecular weight excluding hydrogens is 288 g/mol. The van der Waals surface area contributed by atoms with Crippen molar-refractivity contribution < 1.29 is 14.3 Å². The molecule has 104 valence electrons. The summed E-state index contributed by atoms with van der Waals surface area (Å²) in [6, 6.07) is 4.22. The van der Waals surface area contributed by atoms with E-state index in [9.17, 15) is 9.59 Å². The summed E-state index contributed by atoms with van der Waals surface area (Å²) >= 11 is 7.49. The van der Waals surface area contributed by atoms with E-state index in [1.807, 2.05) is 0 Å². The minimum absolute atomic E-state index is 0.366. The molecular formula is C12H15ClN2O3S. The lowest BCUT2D eigenvalue weighted by molar-refractivity contribution is -0.141. The number of thioether (sulfide) groups is 1.